The van der Waals surface area contributed by atoms with Crippen molar-refractivity contribution in [2.24, 2.45) is 7.05 Å². The van der Waals surface area contributed by atoms with E-state index in [0.29, 0.717) is 25.0 Å². The highest BCUT2D eigenvalue weighted by Gasteiger charge is 2.26. The van der Waals surface area contributed by atoms with Gasteiger partial charge in [-0.25, -0.2) is 0 Å². The average molecular weight is 409 g/mol. The summed E-state index contributed by atoms with van der Waals surface area (Å²) in [6.07, 6.45) is 9.74. The normalized spacial score (nSPS) is 22.4. The largest absolute Gasteiger partial charge is 0.506 e. The van der Waals surface area contributed by atoms with E-state index in [1.165, 1.54) is 11.8 Å². The predicted octanol–water partition coefficient (Wildman–Crippen LogP) is 3.01. The van der Waals surface area contributed by atoms with E-state index in [2.05, 4.69) is 21.2 Å². The number of hydrogen-bond donors (Lipinski definition) is 1. The van der Waals surface area contributed by atoms with Crippen LogP contribution in [0.5, 0.6) is 11.6 Å². The lowest BCUT2D eigenvalue weighted by Gasteiger charge is -2.30. The Morgan fingerprint density at radius 1 is 1.10 bits per heavy atom. The summed E-state index contributed by atoms with van der Waals surface area (Å²) in [5, 5.41) is 15.0. The molecule has 0 aromatic carbocycles. The lowest BCUT2D eigenvalue weighted by molar-refractivity contribution is 0.122. The minimum Gasteiger partial charge on any atom is -0.506 e. The summed E-state index contributed by atoms with van der Waals surface area (Å²) < 4.78 is 13.7. The molecule has 0 bridgehead atoms. The van der Waals surface area contributed by atoms with Gasteiger partial charge in [0.2, 0.25) is 5.88 Å². The molecule has 1 aliphatic carbocycles. The molecule has 8 nitrogen and oxygen atoms in total. The molecule has 3 aromatic rings. The van der Waals surface area contributed by atoms with E-state index in [1.807, 2.05) is 24.0 Å². The predicted molar refractivity (Wildman–Crippen MR) is 113 cm³/mol. The topological polar surface area (TPSA) is 85.5 Å². The average Bonchev–Trinajstić information content (AvgIpc) is 3.21. The molecule has 0 unspecified atom stereocenters. The summed E-state index contributed by atoms with van der Waals surface area (Å²) in [5.74, 6) is 2.06. The van der Waals surface area contributed by atoms with Crippen LogP contribution >= 0.6 is 0 Å². The van der Waals surface area contributed by atoms with Gasteiger partial charge >= 0.3 is 0 Å². The van der Waals surface area contributed by atoms with Crippen LogP contribution in [-0.2, 0) is 11.8 Å². The van der Waals surface area contributed by atoms with E-state index in [-0.39, 0.29) is 11.9 Å². The van der Waals surface area contributed by atoms with Crippen molar-refractivity contribution in [2.75, 3.05) is 31.2 Å². The lowest BCUT2D eigenvalue weighted by atomic mass is 9.84. The second-order valence-electron chi connectivity index (χ2n) is 8.18. The number of aryl methyl sites for hydroxylation is 1. The highest BCUT2D eigenvalue weighted by Crippen LogP contribution is 2.36. The third-order valence-corrected chi connectivity index (χ3v) is 6.10. The Morgan fingerprint density at radius 3 is 2.63 bits per heavy atom. The van der Waals surface area contributed by atoms with Gasteiger partial charge in [-0.3, -0.25) is 9.67 Å². The summed E-state index contributed by atoms with van der Waals surface area (Å²) in [5.41, 5.74) is 2.09. The van der Waals surface area contributed by atoms with Gasteiger partial charge in [-0.2, -0.15) is 10.1 Å². The SMILES string of the molecule is Cn1cc(C2CCC(Oc3nc(N4CCOCC4)cc4ncc(O)cc34)CC2)cn1. The monoisotopic (exact) mass is 409 g/mol. The maximum absolute atomic E-state index is 9.96. The van der Waals surface area contributed by atoms with Crippen LogP contribution in [0, 0.1) is 0 Å². The Balaban J connectivity index is 1.37. The first-order valence-corrected chi connectivity index (χ1v) is 10.6. The molecule has 8 heteroatoms. The zero-order valence-electron chi connectivity index (χ0n) is 17.2. The second kappa shape index (κ2) is 8.10. The Bertz CT molecular complexity index is 1020. The van der Waals surface area contributed by atoms with Crippen LogP contribution < -0.4 is 9.64 Å². The number of ether oxygens (including phenoxy) is 2. The summed E-state index contributed by atoms with van der Waals surface area (Å²) in [7, 11) is 1.96. The van der Waals surface area contributed by atoms with Crippen LogP contribution in [0.3, 0.4) is 0 Å². The van der Waals surface area contributed by atoms with Crippen LogP contribution in [0.1, 0.15) is 37.2 Å². The highest BCUT2D eigenvalue weighted by molar-refractivity contribution is 5.86. The summed E-state index contributed by atoms with van der Waals surface area (Å²) in [4.78, 5) is 11.4. The number of anilines is 1. The van der Waals surface area contributed by atoms with Crippen molar-refractivity contribution < 1.29 is 14.6 Å². The Labute approximate surface area is 175 Å². The minimum absolute atomic E-state index is 0.107. The molecular weight excluding hydrogens is 382 g/mol. The molecule has 158 valence electrons. The van der Waals surface area contributed by atoms with Gasteiger partial charge in [0.15, 0.2) is 0 Å². The van der Waals surface area contributed by atoms with Crippen molar-refractivity contribution in [1.29, 1.82) is 0 Å². The molecule has 1 saturated carbocycles. The van der Waals surface area contributed by atoms with Crippen molar-refractivity contribution in [3.8, 4) is 11.6 Å². The van der Waals surface area contributed by atoms with Crippen molar-refractivity contribution in [2.45, 2.75) is 37.7 Å². The van der Waals surface area contributed by atoms with Crippen LogP contribution in [0.15, 0.2) is 30.7 Å². The van der Waals surface area contributed by atoms with Gasteiger partial charge in [-0.05, 0) is 43.2 Å². The smallest absolute Gasteiger partial charge is 0.225 e. The number of pyridine rings is 2. The number of hydrogen-bond acceptors (Lipinski definition) is 7. The van der Waals surface area contributed by atoms with Crippen molar-refractivity contribution in [1.82, 2.24) is 19.7 Å². The number of nitrogens with zero attached hydrogens (tertiary/aromatic N) is 5. The van der Waals surface area contributed by atoms with Gasteiger partial charge in [0.25, 0.3) is 0 Å². The molecule has 2 aliphatic rings. The molecule has 3 aromatic heterocycles. The van der Waals surface area contributed by atoms with Gasteiger partial charge in [-0.15, -0.1) is 0 Å². The van der Waals surface area contributed by atoms with Gasteiger partial charge in [-0.1, -0.05) is 0 Å². The van der Waals surface area contributed by atoms with Gasteiger partial charge in [0, 0.05) is 32.4 Å². The summed E-state index contributed by atoms with van der Waals surface area (Å²) >= 11 is 0. The molecule has 2 fully saturated rings. The molecule has 0 atom stereocenters. The van der Waals surface area contributed by atoms with Crippen molar-refractivity contribution in [3.05, 3.63) is 36.3 Å². The molecule has 1 aliphatic heterocycles. The minimum atomic E-state index is 0.107. The molecule has 0 radical (unpaired) electrons. The maximum atomic E-state index is 9.96. The molecule has 5 rings (SSSR count). The first kappa shape index (κ1) is 19.1. The lowest BCUT2D eigenvalue weighted by Crippen LogP contribution is -2.36. The van der Waals surface area contributed by atoms with E-state index in [4.69, 9.17) is 14.5 Å². The summed E-state index contributed by atoms with van der Waals surface area (Å²) in [6, 6.07) is 3.65. The van der Waals surface area contributed by atoms with Gasteiger partial charge < -0.3 is 19.5 Å². The number of aromatic hydroxyl groups is 1. The second-order valence-corrected chi connectivity index (χ2v) is 8.18. The van der Waals surface area contributed by atoms with Gasteiger partial charge in [0.05, 0.1) is 36.5 Å². The van der Waals surface area contributed by atoms with E-state index in [9.17, 15) is 5.11 Å². The molecule has 1 N–H and O–H groups in total. The zero-order chi connectivity index (χ0) is 20.5. The molecule has 0 amide bonds. The summed E-state index contributed by atoms with van der Waals surface area (Å²) in [6.45, 7) is 2.98. The van der Waals surface area contributed by atoms with Crippen LogP contribution in [-0.4, -0.2) is 57.3 Å². The van der Waals surface area contributed by atoms with Crippen LogP contribution in [0.4, 0.5) is 5.82 Å². The molecule has 0 spiro atoms. The number of morpholine rings is 1. The van der Waals surface area contributed by atoms with Crippen molar-refractivity contribution >= 4 is 16.7 Å². The Hall–Kier alpha value is -2.87. The van der Waals surface area contributed by atoms with Crippen LogP contribution in [0.2, 0.25) is 0 Å². The third-order valence-electron chi connectivity index (χ3n) is 6.10. The zero-order valence-corrected chi connectivity index (χ0v) is 17.2. The molecule has 1 saturated heterocycles. The fraction of sp³-hybridized carbons (Fsp3) is 0.500. The van der Waals surface area contributed by atoms with Crippen LogP contribution in [0.25, 0.3) is 10.9 Å². The van der Waals surface area contributed by atoms with Crippen molar-refractivity contribution in [3.63, 3.8) is 0 Å². The Morgan fingerprint density at radius 2 is 1.90 bits per heavy atom. The number of fused-ring (bicyclic) bond motifs is 1. The standard InChI is InChI=1S/C22H27N5O3/c1-26-14-16(12-24-26)15-2-4-18(5-3-15)30-22-19-10-17(28)13-23-20(19)11-21(25-22)27-6-8-29-9-7-27/h10-15,18,28H,2-9H2,1H3. The number of aromatic nitrogens is 4. The maximum Gasteiger partial charge on any atom is 0.225 e. The van der Waals surface area contributed by atoms with E-state index >= 15 is 0 Å². The molecule has 30 heavy (non-hydrogen) atoms. The fourth-order valence-electron chi connectivity index (χ4n) is 4.44. The Kier molecular flexibility index (Phi) is 5.16. The molecular formula is C22H27N5O3. The first-order valence-electron chi connectivity index (χ1n) is 10.6. The third kappa shape index (κ3) is 3.92. The van der Waals surface area contributed by atoms with E-state index < -0.39 is 0 Å². The fourth-order valence-corrected chi connectivity index (χ4v) is 4.44. The highest BCUT2D eigenvalue weighted by atomic mass is 16.5. The first-order chi connectivity index (χ1) is 14.7. The van der Waals surface area contributed by atoms with E-state index in [0.717, 1.165) is 55.5 Å². The van der Waals surface area contributed by atoms with Gasteiger partial charge in [0.1, 0.15) is 17.7 Å². The van der Waals surface area contributed by atoms with E-state index in [1.54, 1.807) is 6.07 Å². The quantitative estimate of drug-likeness (QED) is 0.709. The number of rotatable bonds is 4. The molecule has 4 heterocycles.